The van der Waals surface area contributed by atoms with Gasteiger partial charge in [-0.25, -0.2) is 4.79 Å². The minimum absolute atomic E-state index is 0.0778. The number of esters is 1. The van der Waals surface area contributed by atoms with E-state index in [1.807, 2.05) is 6.92 Å². The second-order valence-electron chi connectivity index (χ2n) is 6.93. The van der Waals surface area contributed by atoms with E-state index in [-0.39, 0.29) is 35.8 Å². The number of hydrogen-bond donors (Lipinski definition) is 1. The summed E-state index contributed by atoms with van der Waals surface area (Å²) < 4.78 is 17.0. The Bertz CT molecular complexity index is 502. The SMILES string of the molecule is C=C1C(=O)O[C@H]2C1C[C@@H](O)[C@@]1(C)OC1CC[C@@]1(C)O[C@H]21. The first-order valence-corrected chi connectivity index (χ1v) is 7.29. The van der Waals surface area contributed by atoms with Crippen molar-refractivity contribution in [2.75, 3.05) is 0 Å². The third-order valence-corrected chi connectivity index (χ3v) is 5.61. The zero-order valence-corrected chi connectivity index (χ0v) is 11.8. The van der Waals surface area contributed by atoms with Gasteiger partial charge < -0.3 is 19.3 Å². The molecule has 0 aromatic heterocycles. The normalized spacial score (nSPS) is 57.2. The maximum atomic E-state index is 11.8. The van der Waals surface area contributed by atoms with E-state index in [0.29, 0.717) is 12.0 Å². The molecule has 0 amide bonds. The van der Waals surface area contributed by atoms with Gasteiger partial charge in [0.2, 0.25) is 0 Å². The molecule has 0 aromatic carbocycles. The largest absolute Gasteiger partial charge is 0.455 e. The number of aliphatic hydroxyl groups is 1. The van der Waals surface area contributed by atoms with E-state index in [1.54, 1.807) is 0 Å². The molecule has 5 nitrogen and oxygen atoms in total. The highest BCUT2D eigenvalue weighted by molar-refractivity contribution is 5.91. The highest BCUT2D eigenvalue weighted by Gasteiger charge is 2.66. The van der Waals surface area contributed by atoms with Crippen LogP contribution in [0.1, 0.15) is 33.1 Å². The lowest BCUT2D eigenvalue weighted by Crippen LogP contribution is -2.37. The molecule has 1 aliphatic carbocycles. The van der Waals surface area contributed by atoms with Gasteiger partial charge in [-0.1, -0.05) is 6.58 Å². The van der Waals surface area contributed by atoms with Gasteiger partial charge in [0, 0.05) is 11.5 Å². The van der Waals surface area contributed by atoms with E-state index in [9.17, 15) is 9.90 Å². The van der Waals surface area contributed by atoms with Crippen molar-refractivity contribution in [2.24, 2.45) is 5.92 Å². The van der Waals surface area contributed by atoms with E-state index >= 15 is 0 Å². The fraction of sp³-hybridized carbons (Fsp3) is 0.800. The van der Waals surface area contributed by atoms with Crippen molar-refractivity contribution in [1.82, 2.24) is 0 Å². The van der Waals surface area contributed by atoms with Crippen LogP contribution in [0.4, 0.5) is 0 Å². The summed E-state index contributed by atoms with van der Waals surface area (Å²) in [5, 5.41) is 10.4. The van der Waals surface area contributed by atoms with Crippen molar-refractivity contribution in [3.8, 4) is 0 Å². The summed E-state index contributed by atoms with van der Waals surface area (Å²) in [6, 6.07) is 0. The van der Waals surface area contributed by atoms with Gasteiger partial charge >= 0.3 is 5.97 Å². The number of fused-ring (bicyclic) bond motifs is 4. The van der Waals surface area contributed by atoms with Crippen LogP contribution in [0.3, 0.4) is 0 Å². The molecule has 0 radical (unpaired) electrons. The van der Waals surface area contributed by atoms with Gasteiger partial charge in [0.15, 0.2) is 0 Å². The number of carbonyl (C=O) groups excluding carboxylic acids is 1. The first-order chi connectivity index (χ1) is 9.35. The summed E-state index contributed by atoms with van der Waals surface area (Å²) in [7, 11) is 0. The Hall–Kier alpha value is -0.910. The van der Waals surface area contributed by atoms with Crippen molar-refractivity contribution in [3.05, 3.63) is 12.2 Å². The van der Waals surface area contributed by atoms with Gasteiger partial charge in [0.1, 0.15) is 17.8 Å². The molecule has 3 saturated heterocycles. The lowest BCUT2D eigenvalue weighted by atomic mass is 9.80. The molecule has 4 aliphatic rings. The predicted octanol–water partition coefficient (Wildman–Crippen LogP) is 0.944. The maximum absolute atomic E-state index is 11.8. The second kappa shape index (κ2) is 3.64. The molecular weight excluding hydrogens is 260 g/mol. The Labute approximate surface area is 117 Å². The van der Waals surface area contributed by atoms with Gasteiger partial charge in [-0.3, -0.25) is 0 Å². The van der Waals surface area contributed by atoms with Gasteiger partial charge in [-0.05, 0) is 33.1 Å². The standard InChI is InChI=1S/C15H20O5/c1-7-8-6-9(16)15(3)10(19-15)4-5-14(2)12(20-14)11(8)18-13(7)17/h8-12,16H,1,4-6H2,2-3H3/t8?,9-,10?,11+,12-,14-,15-/m1/s1. The number of ether oxygens (including phenoxy) is 3. The summed E-state index contributed by atoms with van der Waals surface area (Å²) in [4.78, 5) is 11.8. The zero-order valence-electron chi connectivity index (χ0n) is 11.8. The van der Waals surface area contributed by atoms with Crippen LogP contribution in [0, 0.1) is 5.92 Å². The van der Waals surface area contributed by atoms with Crippen molar-refractivity contribution in [1.29, 1.82) is 0 Å². The van der Waals surface area contributed by atoms with Gasteiger partial charge in [0.25, 0.3) is 0 Å². The minimum atomic E-state index is -0.602. The molecule has 7 atom stereocenters. The second-order valence-corrected chi connectivity index (χ2v) is 6.93. The van der Waals surface area contributed by atoms with Crippen LogP contribution < -0.4 is 0 Å². The van der Waals surface area contributed by atoms with E-state index in [1.165, 1.54) is 0 Å². The number of rotatable bonds is 0. The molecule has 4 rings (SSSR count). The Morgan fingerprint density at radius 3 is 2.85 bits per heavy atom. The van der Waals surface area contributed by atoms with Crippen molar-refractivity contribution in [2.45, 2.75) is 68.7 Å². The van der Waals surface area contributed by atoms with Crippen LogP contribution in [0.5, 0.6) is 0 Å². The first kappa shape index (κ1) is 12.8. The third kappa shape index (κ3) is 1.57. The Morgan fingerprint density at radius 1 is 1.35 bits per heavy atom. The number of aliphatic hydroxyl groups excluding tert-OH is 1. The van der Waals surface area contributed by atoms with Gasteiger partial charge in [-0.2, -0.15) is 0 Å². The summed E-state index contributed by atoms with van der Waals surface area (Å²) in [6.45, 7) is 7.83. The summed E-state index contributed by atoms with van der Waals surface area (Å²) in [6.07, 6.45) is 1.26. The molecule has 1 N–H and O–H groups in total. The molecule has 1 saturated carbocycles. The lowest BCUT2D eigenvalue weighted by molar-refractivity contribution is -0.140. The predicted molar refractivity (Wildman–Crippen MR) is 68.9 cm³/mol. The molecule has 2 unspecified atom stereocenters. The van der Waals surface area contributed by atoms with Crippen LogP contribution in [0.25, 0.3) is 0 Å². The third-order valence-electron chi connectivity index (χ3n) is 5.61. The highest BCUT2D eigenvalue weighted by Crippen LogP contribution is 2.54. The van der Waals surface area contributed by atoms with Gasteiger partial charge in [0.05, 0.1) is 17.8 Å². The summed E-state index contributed by atoms with van der Waals surface area (Å²) >= 11 is 0. The molecule has 0 aromatic rings. The molecule has 3 aliphatic heterocycles. The first-order valence-electron chi connectivity index (χ1n) is 7.29. The number of hydrogen-bond acceptors (Lipinski definition) is 5. The van der Waals surface area contributed by atoms with E-state index < -0.39 is 11.7 Å². The lowest BCUT2D eigenvalue weighted by Gasteiger charge is -2.24. The number of carbonyl (C=O) groups is 1. The zero-order chi connectivity index (χ0) is 14.3. The smallest absolute Gasteiger partial charge is 0.334 e. The quantitative estimate of drug-likeness (QED) is 0.406. The van der Waals surface area contributed by atoms with Crippen LogP contribution in [0.15, 0.2) is 12.2 Å². The minimum Gasteiger partial charge on any atom is -0.455 e. The maximum Gasteiger partial charge on any atom is 0.334 e. The molecule has 0 spiro atoms. The van der Waals surface area contributed by atoms with Crippen molar-refractivity contribution in [3.63, 3.8) is 0 Å². The molecule has 110 valence electrons. The van der Waals surface area contributed by atoms with E-state index in [0.717, 1.165) is 12.8 Å². The van der Waals surface area contributed by atoms with E-state index in [2.05, 4.69) is 13.5 Å². The fourth-order valence-corrected chi connectivity index (χ4v) is 3.86. The van der Waals surface area contributed by atoms with Crippen LogP contribution in [-0.2, 0) is 19.0 Å². The summed E-state index contributed by atoms with van der Waals surface area (Å²) in [5.74, 6) is -0.535. The van der Waals surface area contributed by atoms with Crippen LogP contribution in [-0.4, -0.2) is 46.7 Å². The Kier molecular flexibility index (Phi) is 2.33. The molecule has 20 heavy (non-hydrogen) atoms. The van der Waals surface area contributed by atoms with Crippen molar-refractivity contribution < 1.29 is 24.1 Å². The van der Waals surface area contributed by atoms with Gasteiger partial charge in [-0.15, -0.1) is 0 Å². The van der Waals surface area contributed by atoms with Crippen LogP contribution in [0.2, 0.25) is 0 Å². The summed E-state index contributed by atoms with van der Waals surface area (Å²) in [5.41, 5.74) is -0.273. The molecule has 0 bridgehead atoms. The molecular formula is C15H20O5. The Morgan fingerprint density at radius 2 is 2.10 bits per heavy atom. The molecule has 5 heteroatoms. The average molecular weight is 280 g/mol. The molecule has 4 fully saturated rings. The van der Waals surface area contributed by atoms with Crippen LogP contribution >= 0.6 is 0 Å². The average Bonchev–Trinajstić information content (AvgIpc) is 3.23. The topological polar surface area (TPSA) is 71.6 Å². The Balaban J connectivity index is 1.66. The number of epoxide rings is 2. The monoisotopic (exact) mass is 280 g/mol. The molecule has 3 heterocycles. The highest BCUT2D eigenvalue weighted by atomic mass is 16.7. The van der Waals surface area contributed by atoms with Crippen molar-refractivity contribution >= 4 is 5.97 Å². The fourth-order valence-electron chi connectivity index (χ4n) is 3.86. The van der Waals surface area contributed by atoms with E-state index in [4.69, 9.17) is 14.2 Å².